The Bertz CT molecular complexity index is 2120. The molecule has 0 bridgehead atoms. The molecule has 4 aromatic rings. The Morgan fingerprint density at radius 2 is 1.35 bits per heavy atom. The highest BCUT2D eigenvalue weighted by molar-refractivity contribution is 7.86. The van der Waals surface area contributed by atoms with Gasteiger partial charge >= 0.3 is 0 Å². The molecule has 0 spiro atoms. The molecule has 254 valence electrons. The van der Waals surface area contributed by atoms with Crippen molar-refractivity contribution in [3.8, 4) is 0 Å². The summed E-state index contributed by atoms with van der Waals surface area (Å²) in [6.07, 6.45) is 7.72. The summed E-state index contributed by atoms with van der Waals surface area (Å²) in [6.45, 7) is 6.42. The van der Waals surface area contributed by atoms with Crippen LogP contribution in [0, 0.1) is 0 Å². The van der Waals surface area contributed by atoms with Crippen molar-refractivity contribution in [2.24, 2.45) is 0 Å². The van der Waals surface area contributed by atoms with Crippen LogP contribution in [0.2, 0.25) is 0 Å². The molecule has 0 fully saturated rings. The first kappa shape index (κ1) is 36.0. The van der Waals surface area contributed by atoms with Crippen molar-refractivity contribution in [2.75, 3.05) is 18.0 Å². The second kappa shape index (κ2) is 15.9. The summed E-state index contributed by atoms with van der Waals surface area (Å²) in [5.74, 6) is 0. The van der Waals surface area contributed by atoms with Gasteiger partial charge in [0.25, 0.3) is 10.1 Å². The van der Waals surface area contributed by atoms with Gasteiger partial charge in [0.05, 0.1) is 9.79 Å². The van der Waals surface area contributed by atoms with Crippen molar-refractivity contribution in [3.63, 3.8) is 0 Å². The fraction of sp³-hybridized carbons (Fsp3) is 0.162. The fourth-order valence-corrected chi connectivity index (χ4v) is 7.36. The zero-order valence-corrected chi connectivity index (χ0v) is 29.4. The van der Waals surface area contributed by atoms with Gasteiger partial charge in [-0.05, 0) is 90.7 Å². The fourth-order valence-electron chi connectivity index (χ4n) is 5.77. The van der Waals surface area contributed by atoms with Crippen molar-refractivity contribution in [1.29, 1.82) is 0 Å². The third-order valence-corrected chi connectivity index (χ3v) is 10.4. The average Bonchev–Trinajstić information content (AvgIpc) is 3.10. The maximum Gasteiger partial charge on any atom is 0.295 e. The molecule has 0 radical (unpaired) electrons. The molecule has 1 aliphatic rings. The van der Waals surface area contributed by atoms with Gasteiger partial charge in [0.1, 0.15) is 11.4 Å². The number of hydrogen-bond donors (Lipinski definition) is 3. The van der Waals surface area contributed by atoms with Gasteiger partial charge < -0.3 is 14.0 Å². The summed E-state index contributed by atoms with van der Waals surface area (Å²) < 4.78 is 79.6. The van der Waals surface area contributed by atoms with Gasteiger partial charge in [-0.3, -0.25) is 4.55 Å². The number of hydrogen-bond acceptors (Lipinski definition) is 5. The molecule has 0 saturated carbocycles. The lowest BCUT2D eigenvalue weighted by Gasteiger charge is -2.24. The molecule has 9 nitrogen and oxygen atoms in total. The van der Waals surface area contributed by atoms with Gasteiger partial charge in [-0.2, -0.15) is 8.42 Å². The Morgan fingerprint density at radius 3 is 1.92 bits per heavy atom. The predicted molar refractivity (Wildman–Crippen MR) is 194 cm³/mol. The van der Waals surface area contributed by atoms with E-state index in [0.29, 0.717) is 47.1 Å². The first-order valence-electron chi connectivity index (χ1n) is 15.5. The van der Waals surface area contributed by atoms with E-state index in [9.17, 15) is 30.5 Å². The summed E-state index contributed by atoms with van der Waals surface area (Å²) in [6, 6.07) is 28.0. The molecule has 4 aromatic carbocycles. The Balaban J connectivity index is 1.54. The summed E-state index contributed by atoms with van der Waals surface area (Å²) in [5.41, 5.74) is 6.04. The van der Waals surface area contributed by atoms with Crippen LogP contribution in [0.1, 0.15) is 36.1 Å². The van der Waals surface area contributed by atoms with Crippen LogP contribution in [0.25, 0.3) is 5.57 Å². The standard InChI is InChI=1S/C37H36N2O7S3/c1-3-38(25-27-9-7-11-33(23-27)47(40)41)31-19-15-29(16-20-31)37(35-13-5-6-14-36(35)49(44,45)46)30-17-21-32(22-18-30)39(4-2)26-28-10-8-12-34(24-28)48(42)43/h5-24H,3-4,25-26H2,1-2H3,(H2-,40,41,42,43,44,45,46)/p+1. The number of rotatable bonds is 12. The second-order valence-corrected chi connectivity index (χ2v) is 14.6. The smallest absolute Gasteiger partial charge is 0.295 e. The van der Waals surface area contributed by atoms with Crippen LogP contribution in [-0.4, -0.2) is 53.9 Å². The molecule has 0 aliphatic heterocycles. The van der Waals surface area contributed by atoms with Gasteiger partial charge in [-0.15, -0.1) is 0 Å². The lowest BCUT2D eigenvalue weighted by molar-refractivity contribution is -0.539. The van der Waals surface area contributed by atoms with E-state index in [4.69, 9.17) is 0 Å². The average molecular weight is 718 g/mol. The molecule has 2 atom stereocenters. The largest absolute Gasteiger partial charge is 0.367 e. The van der Waals surface area contributed by atoms with Gasteiger partial charge in [0, 0.05) is 42.1 Å². The second-order valence-electron chi connectivity index (χ2n) is 11.3. The summed E-state index contributed by atoms with van der Waals surface area (Å²) >= 11 is -4.15. The van der Waals surface area contributed by atoms with E-state index < -0.39 is 32.3 Å². The number of benzene rings is 4. The molecule has 0 aromatic heterocycles. The number of anilines is 1. The van der Waals surface area contributed by atoms with Crippen LogP contribution < -0.4 is 4.90 Å². The van der Waals surface area contributed by atoms with E-state index in [1.165, 1.54) is 6.07 Å². The van der Waals surface area contributed by atoms with Gasteiger partial charge in [0.15, 0.2) is 34.4 Å². The molecular weight excluding hydrogens is 681 g/mol. The minimum Gasteiger partial charge on any atom is -0.367 e. The van der Waals surface area contributed by atoms with Crippen molar-refractivity contribution >= 4 is 49.3 Å². The van der Waals surface area contributed by atoms with Crippen LogP contribution in [0.3, 0.4) is 0 Å². The summed E-state index contributed by atoms with van der Waals surface area (Å²) in [4.78, 5) is 2.59. The third-order valence-electron chi connectivity index (χ3n) is 8.19. The topological polar surface area (TPSA) is 135 Å². The van der Waals surface area contributed by atoms with Crippen molar-refractivity contribution in [3.05, 3.63) is 149 Å². The Kier molecular flexibility index (Phi) is 11.7. The molecule has 0 saturated heterocycles. The Labute approximate surface area is 292 Å². The normalized spacial score (nSPS) is 14.1. The molecule has 1 aliphatic carbocycles. The first-order chi connectivity index (χ1) is 23.5. The highest BCUT2D eigenvalue weighted by atomic mass is 32.2. The molecular formula is C37H37N2O7S3+. The highest BCUT2D eigenvalue weighted by Crippen LogP contribution is 2.35. The molecule has 49 heavy (non-hydrogen) atoms. The number of allylic oxidation sites excluding steroid dienone is 5. The lowest BCUT2D eigenvalue weighted by Crippen LogP contribution is -2.22. The van der Waals surface area contributed by atoms with Crippen LogP contribution in [0.5, 0.6) is 0 Å². The monoisotopic (exact) mass is 717 g/mol. The van der Waals surface area contributed by atoms with Gasteiger partial charge in [-0.1, -0.05) is 54.6 Å². The van der Waals surface area contributed by atoms with Crippen LogP contribution >= 0.6 is 0 Å². The minimum atomic E-state index is -4.55. The molecule has 2 unspecified atom stereocenters. The van der Waals surface area contributed by atoms with E-state index in [0.717, 1.165) is 33.7 Å². The van der Waals surface area contributed by atoms with Crippen molar-refractivity contribution in [2.45, 2.75) is 41.6 Å². The van der Waals surface area contributed by atoms with Crippen molar-refractivity contribution in [1.82, 2.24) is 0 Å². The zero-order chi connectivity index (χ0) is 35.1. The van der Waals surface area contributed by atoms with Crippen molar-refractivity contribution < 1.29 is 35.1 Å². The lowest BCUT2D eigenvalue weighted by atomic mass is 9.90. The molecule has 5 rings (SSSR count). The summed E-state index contributed by atoms with van der Waals surface area (Å²) in [5, 5.41) is 0. The van der Waals surface area contributed by atoms with E-state index in [-0.39, 0.29) is 4.90 Å². The Morgan fingerprint density at radius 1 is 0.755 bits per heavy atom. The van der Waals surface area contributed by atoms with Gasteiger partial charge in [0.2, 0.25) is 0 Å². The van der Waals surface area contributed by atoms with Crippen LogP contribution in [0.4, 0.5) is 5.69 Å². The third kappa shape index (κ3) is 8.84. The zero-order valence-electron chi connectivity index (χ0n) is 27.0. The molecule has 0 heterocycles. The first-order valence-corrected chi connectivity index (χ1v) is 19.2. The highest BCUT2D eigenvalue weighted by Gasteiger charge is 2.22. The molecule has 3 N–H and O–H groups in total. The number of nitrogens with zero attached hydrogens (tertiary/aromatic N) is 2. The quantitative estimate of drug-likeness (QED) is 0.0836. The molecule has 12 heteroatoms. The van der Waals surface area contributed by atoms with E-state index in [1.807, 2.05) is 74.5 Å². The van der Waals surface area contributed by atoms with Crippen LogP contribution in [0.15, 0.2) is 142 Å². The van der Waals surface area contributed by atoms with E-state index in [1.54, 1.807) is 54.6 Å². The Hall–Kier alpha value is -4.30. The predicted octanol–water partition coefficient (Wildman–Crippen LogP) is 6.72. The SMILES string of the molecule is CCN(Cc1cccc(S(=O)O)c1)c1ccc(C(=C2C=CC(=[N+](CC)Cc3cccc(S(=O)O)c3)C=C2)c2ccccc2S(=O)(=O)O)cc1. The van der Waals surface area contributed by atoms with E-state index in [2.05, 4.69) is 9.48 Å². The van der Waals surface area contributed by atoms with Gasteiger partial charge in [-0.25, -0.2) is 13.0 Å². The maximum absolute atomic E-state index is 12.5. The van der Waals surface area contributed by atoms with Crippen LogP contribution in [-0.2, 0) is 45.4 Å². The minimum absolute atomic E-state index is 0.203. The van der Waals surface area contributed by atoms with E-state index >= 15 is 0 Å². The summed E-state index contributed by atoms with van der Waals surface area (Å²) in [7, 11) is -4.55. The maximum atomic E-state index is 12.5. The molecule has 0 amide bonds.